The highest BCUT2D eigenvalue weighted by atomic mass is 32.2. The molecule has 11 atom stereocenters. The second-order valence-corrected chi connectivity index (χ2v) is 18.3. The van der Waals surface area contributed by atoms with Crippen LogP contribution in [0.5, 0.6) is 0 Å². The molecule has 6 saturated heterocycles. The van der Waals surface area contributed by atoms with Gasteiger partial charge < -0.3 is 52.7 Å². The Morgan fingerprint density at radius 1 is 0.700 bits per heavy atom. The van der Waals surface area contributed by atoms with E-state index in [0.29, 0.717) is 38.3 Å². The van der Waals surface area contributed by atoms with E-state index in [2.05, 4.69) is 10.6 Å². The zero-order chi connectivity index (χ0) is 41.8. The molecule has 0 radical (unpaired) electrons. The fraction of sp³-hybridized carbons (Fsp3) is 0.634. The molecule has 6 aliphatic rings. The van der Waals surface area contributed by atoms with Gasteiger partial charge in [-0.05, 0) is 61.4 Å². The third kappa shape index (κ3) is 9.99. The molecule has 0 aliphatic carbocycles. The number of fused-ring (bicyclic) bond motifs is 3. The molecule has 2 amide bonds. The second kappa shape index (κ2) is 18.9. The molecule has 60 heavy (non-hydrogen) atoms. The molecule has 6 fully saturated rings. The zero-order valence-corrected chi connectivity index (χ0v) is 34.4. The summed E-state index contributed by atoms with van der Waals surface area (Å²) in [6.45, 7) is 5.39. The van der Waals surface area contributed by atoms with E-state index >= 15 is 0 Å². The summed E-state index contributed by atoms with van der Waals surface area (Å²) in [6, 6.07) is 13.9. The van der Waals surface area contributed by atoms with Gasteiger partial charge in [-0.15, -0.1) is 0 Å². The maximum absolute atomic E-state index is 14.5. The quantitative estimate of drug-likeness (QED) is 0.192. The fourth-order valence-electron chi connectivity index (χ4n) is 8.65. The number of anilines is 1. The van der Waals surface area contributed by atoms with Crippen molar-refractivity contribution < 1.29 is 70.2 Å². The lowest BCUT2D eigenvalue weighted by Gasteiger charge is -2.33. The van der Waals surface area contributed by atoms with Crippen LogP contribution < -0.4 is 10.6 Å². The average molecular weight is 860 g/mol. The minimum absolute atomic E-state index is 0.0292. The fourth-order valence-corrected chi connectivity index (χ4v) is 10.3. The van der Waals surface area contributed by atoms with E-state index < -0.39 is 71.4 Å². The largest absolute Gasteiger partial charge is 0.509 e. The van der Waals surface area contributed by atoms with Gasteiger partial charge in [0.25, 0.3) is 0 Å². The number of carbonyl (C=O) groups excluding carboxylic acids is 3. The van der Waals surface area contributed by atoms with E-state index in [1.54, 1.807) is 0 Å². The molecule has 328 valence electrons. The van der Waals surface area contributed by atoms with Crippen LogP contribution in [0, 0.1) is 23.7 Å². The van der Waals surface area contributed by atoms with E-state index in [1.807, 2.05) is 44.2 Å². The molecule has 2 aromatic rings. The number of amides is 2. The van der Waals surface area contributed by atoms with Crippen molar-refractivity contribution in [2.45, 2.75) is 93.8 Å². The van der Waals surface area contributed by atoms with Crippen molar-refractivity contribution in [3.63, 3.8) is 0 Å². The first kappa shape index (κ1) is 42.6. The lowest BCUT2D eigenvalue weighted by Crippen LogP contribution is -2.53. The van der Waals surface area contributed by atoms with Crippen LogP contribution in [0.15, 0.2) is 59.5 Å². The topological polar surface area (TPSA) is 205 Å². The van der Waals surface area contributed by atoms with Crippen LogP contribution in [-0.4, -0.2) is 133 Å². The Balaban J connectivity index is 1.02. The summed E-state index contributed by atoms with van der Waals surface area (Å²) in [6.07, 6.45) is -4.62. The van der Waals surface area contributed by atoms with Crippen molar-refractivity contribution in [2.75, 3.05) is 58.0 Å². The average Bonchev–Trinajstić information content (AvgIpc) is 4.07. The molecule has 18 nitrogen and oxygen atoms in total. The van der Waals surface area contributed by atoms with Crippen LogP contribution in [-0.2, 0) is 63.8 Å². The number of carbonyl (C=O) groups is 3. The van der Waals surface area contributed by atoms with Gasteiger partial charge in [0.2, 0.25) is 10.0 Å². The molecule has 0 saturated carbocycles. The SMILES string of the molecule is CC(C)CN(C[C@@H](OC(=O)O[C@H]1CO[C@H]2OCCC21)[C@H](Cc1ccccc1)NC(=O)O[C@H]1CO[C@H]2OCCC21)S(=O)(=O)c1ccc(NC(=O)O[C@@H]2CO[C@@H]3OCC[C@@H]32)cc1. The molecule has 0 bridgehead atoms. The maximum atomic E-state index is 14.5. The smallest absolute Gasteiger partial charge is 0.443 e. The Labute approximate surface area is 348 Å². The van der Waals surface area contributed by atoms with Gasteiger partial charge in [-0.1, -0.05) is 44.2 Å². The zero-order valence-electron chi connectivity index (χ0n) is 33.6. The minimum Gasteiger partial charge on any atom is -0.443 e. The van der Waals surface area contributed by atoms with Gasteiger partial charge in [-0.2, -0.15) is 4.31 Å². The van der Waals surface area contributed by atoms with Crippen LogP contribution in [0.1, 0.15) is 38.7 Å². The van der Waals surface area contributed by atoms with Crippen molar-refractivity contribution >= 4 is 34.1 Å². The van der Waals surface area contributed by atoms with Crippen molar-refractivity contribution in [2.24, 2.45) is 23.7 Å². The van der Waals surface area contributed by atoms with Crippen molar-refractivity contribution in [1.82, 2.24) is 9.62 Å². The van der Waals surface area contributed by atoms with Gasteiger partial charge in [-0.25, -0.2) is 22.8 Å². The lowest BCUT2D eigenvalue weighted by molar-refractivity contribution is -0.0910. The van der Waals surface area contributed by atoms with Crippen LogP contribution >= 0.6 is 0 Å². The van der Waals surface area contributed by atoms with E-state index in [-0.39, 0.29) is 74.2 Å². The Hall–Kier alpha value is -4.08. The van der Waals surface area contributed by atoms with E-state index in [9.17, 15) is 22.8 Å². The maximum Gasteiger partial charge on any atom is 0.509 e. The Kier molecular flexibility index (Phi) is 13.4. The van der Waals surface area contributed by atoms with Crippen molar-refractivity contribution in [3.05, 3.63) is 60.2 Å². The number of benzene rings is 2. The van der Waals surface area contributed by atoms with Gasteiger partial charge in [0, 0.05) is 12.2 Å². The first-order chi connectivity index (χ1) is 29.0. The summed E-state index contributed by atoms with van der Waals surface area (Å²) >= 11 is 0. The van der Waals surface area contributed by atoms with Gasteiger partial charge >= 0.3 is 18.3 Å². The second-order valence-electron chi connectivity index (χ2n) is 16.3. The monoisotopic (exact) mass is 859 g/mol. The third-order valence-electron chi connectivity index (χ3n) is 11.7. The Morgan fingerprint density at radius 2 is 1.23 bits per heavy atom. The lowest BCUT2D eigenvalue weighted by atomic mass is 10.0. The standard InChI is InChI=1S/C41H53N3O15S/c1-24(2)19-44(60(48,49)27-10-8-26(9-11-27)42-39(45)56-33-21-53-36-28(33)12-15-50-36)20-32(58-41(47)59-35-23-55-38-30(35)14-17-52-38)31(18-25-6-4-3-5-7-25)43-40(46)57-34-22-54-37-29(34)13-16-51-37/h3-11,24,28-38H,12-23H2,1-2H3,(H,42,45)(H,43,46)/t28-,29?,30?,31+,32-,33-,34+,35+,36+,37-,38-/m1/s1. The molecule has 2 aromatic carbocycles. The van der Waals surface area contributed by atoms with Gasteiger partial charge in [0.05, 0.1) is 74.9 Å². The van der Waals surface area contributed by atoms with Gasteiger partial charge in [-0.3, -0.25) is 5.32 Å². The highest BCUT2D eigenvalue weighted by molar-refractivity contribution is 7.89. The van der Waals surface area contributed by atoms with Crippen molar-refractivity contribution in [1.29, 1.82) is 0 Å². The number of sulfonamides is 1. The van der Waals surface area contributed by atoms with Crippen LogP contribution in [0.2, 0.25) is 0 Å². The molecule has 2 N–H and O–H groups in total. The molecule has 6 heterocycles. The number of hydrogen-bond acceptors (Lipinski definition) is 15. The predicted molar refractivity (Wildman–Crippen MR) is 208 cm³/mol. The summed E-state index contributed by atoms with van der Waals surface area (Å²) in [7, 11) is -4.28. The number of ether oxygens (including phenoxy) is 10. The number of hydrogen-bond donors (Lipinski definition) is 2. The van der Waals surface area contributed by atoms with Crippen molar-refractivity contribution in [3.8, 4) is 0 Å². The summed E-state index contributed by atoms with van der Waals surface area (Å²) in [5.41, 5.74) is 1.10. The summed E-state index contributed by atoms with van der Waals surface area (Å²) < 4.78 is 87.2. The normalized spacial score (nSPS) is 30.4. The molecular weight excluding hydrogens is 807 g/mol. The number of nitrogens with zero attached hydrogens (tertiary/aromatic N) is 1. The highest BCUT2D eigenvalue weighted by Crippen LogP contribution is 2.35. The van der Waals surface area contributed by atoms with Gasteiger partial charge in [0.15, 0.2) is 18.9 Å². The molecule has 8 rings (SSSR count). The number of rotatable bonds is 15. The molecule has 19 heteroatoms. The molecule has 0 aromatic heterocycles. The van der Waals surface area contributed by atoms with Crippen LogP contribution in [0.3, 0.4) is 0 Å². The Morgan fingerprint density at radius 3 is 1.78 bits per heavy atom. The number of nitrogens with one attached hydrogen (secondary N) is 2. The minimum atomic E-state index is -4.28. The molecule has 6 aliphatic heterocycles. The van der Waals surface area contributed by atoms with Crippen LogP contribution in [0.4, 0.5) is 20.1 Å². The predicted octanol–water partition coefficient (Wildman–Crippen LogP) is 4.03. The van der Waals surface area contributed by atoms with Crippen LogP contribution in [0.25, 0.3) is 0 Å². The highest BCUT2D eigenvalue weighted by Gasteiger charge is 2.47. The van der Waals surface area contributed by atoms with E-state index in [4.69, 9.17) is 47.4 Å². The third-order valence-corrected chi connectivity index (χ3v) is 13.6. The number of alkyl carbamates (subject to hydrolysis) is 1. The first-order valence-electron chi connectivity index (χ1n) is 20.7. The van der Waals surface area contributed by atoms with Gasteiger partial charge in [0.1, 0.15) is 24.4 Å². The van der Waals surface area contributed by atoms with E-state index in [0.717, 1.165) is 12.0 Å². The summed E-state index contributed by atoms with van der Waals surface area (Å²) in [4.78, 5) is 40.1. The summed E-state index contributed by atoms with van der Waals surface area (Å²) in [5.74, 6) is -0.514. The van der Waals surface area contributed by atoms with E-state index in [1.165, 1.54) is 28.6 Å². The molecule has 2 unspecified atom stereocenters. The summed E-state index contributed by atoms with van der Waals surface area (Å²) in [5, 5.41) is 5.56. The molecule has 0 spiro atoms. The Bertz CT molecular complexity index is 1910. The first-order valence-corrected chi connectivity index (χ1v) is 22.1. The molecular formula is C41H53N3O15S.